The van der Waals surface area contributed by atoms with Gasteiger partial charge in [0, 0.05) is 31.8 Å². The van der Waals surface area contributed by atoms with E-state index >= 15 is 0 Å². The SMILES string of the molecule is O=C1CCc2cc(/C=C/C(=O)N3CCC(=Cc4ccccc4)CC3)cnc2N1. The number of hydrogen-bond acceptors (Lipinski definition) is 3. The summed E-state index contributed by atoms with van der Waals surface area (Å²) in [5, 5.41) is 2.77. The molecule has 0 bridgehead atoms. The molecule has 5 heteroatoms. The summed E-state index contributed by atoms with van der Waals surface area (Å²) in [5.74, 6) is 0.669. The predicted octanol–water partition coefficient (Wildman–Crippen LogP) is 3.69. The van der Waals surface area contributed by atoms with Crippen LogP contribution in [0.3, 0.4) is 0 Å². The molecule has 0 saturated carbocycles. The van der Waals surface area contributed by atoms with Gasteiger partial charge < -0.3 is 10.2 Å². The fourth-order valence-electron chi connectivity index (χ4n) is 3.58. The molecule has 2 amide bonds. The molecule has 1 saturated heterocycles. The summed E-state index contributed by atoms with van der Waals surface area (Å²) in [7, 11) is 0. The van der Waals surface area contributed by atoms with Crippen molar-refractivity contribution in [3.8, 4) is 0 Å². The third-order valence-corrected chi connectivity index (χ3v) is 5.17. The molecule has 0 atom stereocenters. The van der Waals surface area contributed by atoms with E-state index in [1.54, 1.807) is 18.3 Å². The first-order valence-corrected chi connectivity index (χ1v) is 9.68. The van der Waals surface area contributed by atoms with Crippen molar-refractivity contribution in [2.24, 2.45) is 0 Å². The van der Waals surface area contributed by atoms with Crippen LogP contribution in [0.1, 0.15) is 36.0 Å². The molecule has 3 heterocycles. The Morgan fingerprint density at radius 1 is 1.04 bits per heavy atom. The number of amides is 2. The number of piperidine rings is 1. The van der Waals surface area contributed by atoms with Gasteiger partial charge in [0.05, 0.1) is 0 Å². The molecule has 1 aromatic heterocycles. The lowest BCUT2D eigenvalue weighted by Crippen LogP contribution is -2.35. The Bertz CT molecular complexity index is 938. The van der Waals surface area contributed by atoms with Crippen LogP contribution in [-0.2, 0) is 16.0 Å². The number of nitrogens with zero attached hydrogens (tertiary/aromatic N) is 2. The number of rotatable bonds is 3. The molecule has 2 aliphatic rings. The van der Waals surface area contributed by atoms with Gasteiger partial charge in [0.1, 0.15) is 5.82 Å². The van der Waals surface area contributed by atoms with Crippen LogP contribution in [-0.4, -0.2) is 34.8 Å². The van der Waals surface area contributed by atoms with Crippen molar-refractivity contribution in [3.05, 3.63) is 70.9 Å². The average molecular weight is 373 g/mol. The molecule has 142 valence electrons. The smallest absolute Gasteiger partial charge is 0.246 e. The van der Waals surface area contributed by atoms with E-state index in [1.165, 1.54) is 11.1 Å². The molecule has 5 nitrogen and oxygen atoms in total. The van der Waals surface area contributed by atoms with Gasteiger partial charge in [-0.15, -0.1) is 0 Å². The van der Waals surface area contributed by atoms with Crippen molar-refractivity contribution >= 4 is 29.8 Å². The topological polar surface area (TPSA) is 62.3 Å². The summed E-state index contributed by atoms with van der Waals surface area (Å²) >= 11 is 0. The Balaban J connectivity index is 1.35. The molecule has 1 aromatic carbocycles. The fourth-order valence-corrected chi connectivity index (χ4v) is 3.58. The third-order valence-electron chi connectivity index (χ3n) is 5.17. The van der Waals surface area contributed by atoms with Crippen LogP contribution in [0, 0.1) is 0 Å². The lowest BCUT2D eigenvalue weighted by atomic mass is 10.0. The highest BCUT2D eigenvalue weighted by Gasteiger charge is 2.18. The number of nitrogens with one attached hydrogen (secondary N) is 1. The molecule has 0 radical (unpaired) electrons. The zero-order valence-electron chi connectivity index (χ0n) is 15.7. The van der Waals surface area contributed by atoms with Crippen LogP contribution >= 0.6 is 0 Å². The molecule has 4 rings (SSSR count). The van der Waals surface area contributed by atoms with Crippen LogP contribution in [0.25, 0.3) is 12.2 Å². The maximum Gasteiger partial charge on any atom is 0.246 e. The number of pyridine rings is 1. The lowest BCUT2D eigenvalue weighted by molar-refractivity contribution is -0.126. The van der Waals surface area contributed by atoms with Crippen molar-refractivity contribution in [1.82, 2.24) is 9.88 Å². The summed E-state index contributed by atoms with van der Waals surface area (Å²) in [6.45, 7) is 1.49. The molecule has 0 aliphatic carbocycles. The van der Waals surface area contributed by atoms with E-state index in [0.717, 1.165) is 37.1 Å². The van der Waals surface area contributed by atoms with Crippen molar-refractivity contribution in [2.45, 2.75) is 25.7 Å². The molecular weight excluding hydrogens is 350 g/mol. The highest BCUT2D eigenvalue weighted by molar-refractivity contribution is 5.94. The first-order valence-electron chi connectivity index (χ1n) is 9.68. The van der Waals surface area contributed by atoms with E-state index in [4.69, 9.17) is 0 Å². The Morgan fingerprint density at radius 3 is 2.61 bits per heavy atom. The van der Waals surface area contributed by atoms with Gasteiger partial charge in [0.2, 0.25) is 11.8 Å². The maximum atomic E-state index is 12.5. The minimum absolute atomic E-state index is 0.00394. The highest BCUT2D eigenvalue weighted by atomic mass is 16.2. The molecule has 0 spiro atoms. The first kappa shape index (κ1) is 18.2. The second kappa shape index (κ2) is 8.21. The van der Waals surface area contributed by atoms with Crippen LogP contribution in [0.4, 0.5) is 5.82 Å². The number of anilines is 1. The first-order chi connectivity index (χ1) is 13.7. The minimum Gasteiger partial charge on any atom is -0.339 e. The van der Waals surface area contributed by atoms with Gasteiger partial charge in [-0.1, -0.05) is 42.0 Å². The molecule has 2 aliphatic heterocycles. The second-order valence-corrected chi connectivity index (χ2v) is 7.20. The molecule has 0 unspecified atom stereocenters. The van der Waals surface area contributed by atoms with Gasteiger partial charge in [-0.2, -0.15) is 0 Å². The van der Waals surface area contributed by atoms with Crippen LogP contribution < -0.4 is 5.32 Å². The van der Waals surface area contributed by atoms with Gasteiger partial charge >= 0.3 is 0 Å². The number of benzene rings is 1. The second-order valence-electron chi connectivity index (χ2n) is 7.20. The zero-order chi connectivity index (χ0) is 19.3. The van der Waals surface area contributed by atoms with Crippen molar-refractivity contribution in [1.29, 1.82) is 0 Å². The molecule has 2 aromatic rings. The fraction of sp³-hybridized carbons (Fsp3) is 0.261. The Labute approximate surface area is 164 Å². The Hall–Kier alpha value is -3.21. The summed E-state index contributed by atoms with van der Waals surface area (Å²) in [5.41, 5.74) is 4.50. The van der Waals surface area contributed by atoms with Gasteiger partial charge in [0.25, 0.3) is 0 Å². The molecule has 1 fully saturated rings. The van der Waals surface area contributed by atoms with Gasteiger partial charge in [0.15, 0.2) is 0 Å². The number of fused-ring (bicyclic) bond motifs is 1. The van der Waals surface area contributed by atoms with Crippen molar-refractivity contribution < 1.29 is 9.59 Å². The number of aryl methyl sites for hydroxylation is 1. The normalized spacial score (nSPS) is 16.6. The zero-order valence-corrected chi connectivity index (χ0v) is 15.7. The van der Waals surface area contributed by atoms with E-state index in [-0.39, 0.29) is 11.8 Å². The standard InChI is InChI=1S/C23H23N3O2/c27-21-8-7-20-15-19(16-24-23(20)25-21)6-9-22(28)26-12-10-18(11-13-26)14-17-4-2-1-3-5-17/h1-6,9,14-16H,7-8,10-13H2,(H,24,25,27)/b9-6+. The monoisotopic (exact) mass is 373 g/mol. The molecular formula is C23H23N3O2. The van der Waals surface area contributed by atoms with Crippen LogP contribution in [0.15, 0.2) is 54.2 Å². The van der Waals surface area contributed by atoms with Gasteiger partial charge in [-0.05, 0) is 48.1 Å². The average Bonchev–Trinajstić information content (AvgIpc) is 2.73. The van der Waals surface area contributed by atoms with Gasteiger partial charge in [-0.3, -0.25) is 9.59 Å². The van der Waals surface area contributed by atoms with Crippen molar-refractivity contribution in [3.63, 3.8) is 0 Å². The number of likely N-dealkylation sites (tertiary alicyclic amines) is 1. The summed E-state index contributed by atoms with van der Waals surface area (Å²) in [6.07, 6.45) is 10.3. The molecule has 1 N–H and O–H groups in total. The molecule has 28 heavy (non-hydrogen) atoms. The van der Waals surface area contributed by atoms with E-state index in [2.05, 4.69) is 28.5 Å². The number of aromatic nitrogens is 1. The highest BCUT2D eigenvalue weighted by Crippen LogP contribution is 2.22. The number of carbonyl (C=O) groups is 2. The number of hydrogen-bond donors (Lipinski definition) is 1. The quantitative estimate of drug-likeness (QED) is 0.835. The largest absolute Gasteiger partial charge is 0.339 e. The third kappa shape index (κ3) is 4.36. The lowest BCUT2D eigenvalue weighted by Gasteiger charge is -2.27. The van der Waals surface area contributed by atoms with Gasteiger partial charge in [-0.25, -0.2) is 4.98 Å². The summed E-state index contributed by atoms with van der Waals surface area (Å²) in [4.78, 5) is 30.1. The summed E-state index contributed by atoms with van der Waals surface area (Å²) < 4.78 is 0. The maximum absolute atomic E-state index is 12.5. The summed E-state index contributed by atoms with van der Waals surface area (Å²) in [6, 6.07) is 12.3. The predicted molar refractivity (Wildman–Crippen MR) is 110 cm³/mol. The van der Waals surface area contributed by atoms with Crippen molar-refractivity contribution in [2.75, 3.05) is 18.4 Å². The van der Waals surface area contributed by atoms with E-state index in [9.17, 15) is 9.59 Å². The number of carbonyl (C=O) groups excluding carboxylic acids is 2. The van der Waals surface area contributed by atoms with Crippen LogP contribution in [0.5, 0.6) is 0 Å². The Kier molecular flexibility index (Phi) is 5.33. The van der Waals surface area contributed by atoms with E-state index in [1.807, 2.05) is 29.2 Å². The van der Waals surface area contributed by atoms with E-state index < -0.39 is 0 Å². The van der Waals surface area contributed by atoms with Crippen LogP contribution in [0.2, 0.25) is 0 Å². The minimum atomic E-state index is 0.00394. The van der Waals surface area contributed by atoms with E-state index in [0.29, 0.717) is 18.7 Å². The Morgan fingerprint density at radius 2 is 1.82 bits per heavy atom.